The summed E-state index contributed by atoms with van der Waals surface area (Å²) in [5.41, 5.74) is 2.86. The number of methoxy groups -OCH3 is 1. The number of fused-ring (bicyclic) bond motifs is 1. The van der Waals surface area contributed by atoms with Crippen molar-refractivity contribution in [1.82, 2.24) is 10.2 Å². The molecule has 1 aliphatic rings. The molecular formula is C26H26N4O3. The van der Waals surface area contributed by atoms with E-state index in [0.717, 1.165) is 35.6 Å². The number of nitrogens with zero attached hydrogens (tertiary/aromatic N) is 3. The molecule has 2 aromatic heterocycles. The van der Waals surface area contributed by atoms with Gasteiger partial charge >= 0.3 is 0 Å². The predicted molar refractivity (Wildman–Crippen MR) is 129 cm³/mol. The fourth-order valence-electron chi connectivity index (χ4n) is 4.21. The summed E-state index contributed by atoms with van der Waals surface area (Å²) in [6.07, 6.45) is 4.95. The molecule has 168 valence electrons. The molecule has 5 rings (SSSR count). The summed E-state index contributed by atoms with van der Waals surface area (Å²) in [5.74, 6) is 1.41. The Hall–Kier alpha value is -3.87. The van der Waals surface area contributed by atoms with Crippen molar-refractivity contribution < 1.29 is 13.9 Å². The van der Waals surface area contributed by atoms with E-state index in [9.17, 15) is 4.79 Å². The average molecular weight is 443 g/mol. The van der Waals surface area contributed by atoms with Crippen LogP contribution in [-0.4, -0.2) is 36.3 Å². The van der Waals surface area contributed by atoms with Gasteiger partial charge in [0.1, 0.15) is 0 Å². The lowest BCUT2D eigenvalue weighted by Crippen LogP contribution is -2.25. The molecule has 2 aromatic carbocycles. The second-order valence-electron chi connectivity index (χ2n) is 8.20. The maximum atomic E-state index is 12.8. The normalized spacial score (nSPS) is 14.2. The highest BCUT2D eigenvalue weighted by Crippen LogP contribution is 2.29. The molecule has 0 atom stereocenters. The summed E-state index contributed by atoms with van der Waals surface area (Å²) >= 11 is 0. The molecule has 1 amide bonds. The van der Waals surface area contributed by atoms with E-state index in [1.54, 1.807) is 19.2 Å². The smallest absolute Gasteiger partial charge is 0.291 e. The summed E-state index contributed by atoms with van der Waals surface area (Å²) in [6.45, 7) is 2.06. The van der Waals surface area contributed by atoms with Crippen molar-refractivity contribution in [3.8, 4) is 17.0 Å². The molecule has 7 heteroatoms. The van der Waals surface area contributed by atoms with Gasteiger partial charge in [0.15, 0.2) is 22.9 Å². The highest BCUT2D eigenvalue weighted by Gasteiger charge is 2.16. The van der Waals surface area contributed by atoms with Crippen molar-refractivity contribution in [2.24, 2.45) is 0 Å². The Balaban J connectivity index is 1.32. The number of anilines is 2. The van der Waals surface area contributed by atoms with Crippen molar-refractivity contribution in [2.45, 2.75) is 25.7 Å². The van der Waals surface area contributed by atoms with Gasteiger partial charge < -0.3 is 19.4 Å². The Morgan fingerprint density at radius 2 is 1.79 bits per heavy atom. The van der Waals surface area contributed by atoms with Gasteiger partial charge in [-0.2, -0.15) is 0 Å². The molecule has 33 heavy (non-hydrogen) atoms. The summed E-state index contributed by atoms with van der Waals surface area (Å²) in [5, 5.41) is 12.6. The van der Waals surface area contributed by atoms with Crippen LogP contribution in [0.4, 0.5) is 11.5 Å². The fraction of sp³-hybridized carbons (Fsp3) is 0.269. The van der Waals surface area contributed by atoms with Crippen LogP contribution >= 0.6 is 0 Å². The van der Waals surface area contributed by atoms with E-state index in [2.05, 4.69) is 20.4 Å². The lowest BCUT2D eigenvalue weighted by Gasteiger charge is -2.20. The van der Waals surface area contributed by atoms with Gasteiger partial charge in [0.2, 0.25) is 0 Å². The lowest BCUT2D eigenvalue weighted by atomic mass is 10.1. The number of amides is 1. The van der Waals surface area contributed by atoms with Crippen LogP contribution in [0.2, 0.25) is 0 Å². The van der Waals surface area contributed by atoms with Crippen LogP contribution in [0.15, 0.2) is 65.1 Å². The monoisotopic (exact) mass is 442 g/mol. The zero-order valence-corrected chi connectivity index (χ0v) is 18.6. The van der Waals surface area contributed by atoms with Gasteiger partial charge in [-0.25, -0.2) is 0 Å². The molecule has 3 heterocycles. The van der Waals surface area contributed by atoms with Crippen molar-refractivity contribution in [3.63, 3.8) is 0 Å². The first kappa shape index (κ1) is 21.0. The zero-order chi connectivity index (χ0) is 22.6. The molecule has 1 fully saturated rings. The van der Waals surface area contributed by atoms with Crippen molar-refractivity contribution in [1.29, 1.82) is 0 Å². The number of carbonyl (C=O) groups excluding carboxylic acids is 1. The molecule has 0 aliphatic carbocycles. The van der Waals surface area contributed by atoms with Crippen molar-refractivity contribution >= 4 is 28.4 Å². The molecule has 1 aliphatic heterocycles. The minimum atomic E-state index is -0.326. The molecule has 0 bridgehead atoms. The Morgan fingerprint density at radius 1 is 0.970 bits per heavy atom. The quantitative estimate of drug-likeness (QED) is 0.438. The minimum absolute atomic E-state index is 0.224. The lowest BCUT2D eigenvalue weighted by molar-refractivity contribution is 0.0998. The van der Waals surface area contributed by atoms with E-state index in [-0.39, 0.29) is 11.7 Å². The number of nitrogens with one attached hydrogen (secondary N) is 1. The third kappa shape index (κ3) is 4.53. The SMILES string of the molecule is COc1cccc2cc(C(=O)Nc3cccc(-c4ccc(N5CCCCCC5)nn4)c3)oc12. The Labute approximate surface area is 192 Å². The van der Waals surface area contributed by atoms with E-state index >= 15 is 0 Å². The molecule has 0 spiro atoms. The summed E-state index contributed by atoms with van der Waals surface area (Å²) in [7, 11) is 1.58. The van der Waals surface area contributed by atoms with Gasteiger partial charge in [0.25, 0.3) is 5.91 Å². The number of ether oxygens (including phenoxy) is 1. The average Bonchev–Trinajstić information content (AvgIpc) is 3.12. The number of furan rings is 1. The molecule has 7 nitrogen and oxygen atoms in total. The number of carbonyl (C=O) groups is 1. The summed E-state index contributed by atoms with van der Waals surface area (Å²) in [6, 6.07) is 18.8. The zero-order valence-electron chi connectivity index (χ0n) is 18.6. The predicted octanol–water partition coefficient (Wildman–Crippen LogP) is 5.53. The Morgan fingerprint density at radius 3 is 2.55 bits per heavy atom. The topological polar surface area (TPSA) is 80.5 Å². The van der Waals surface area contributed by atoms with Crippen LogP contribution in [-0.2, 0) is 0 Å². The molecule has 4 aromatic rings. The van der Waals surface area contributed by atoms with Crippen molar-refractivity contribution in [3.05, 3.63) is 66.4 Å². The molecule has 0 radical (unpaired) electrons. The van der Waals surface area contributed by atoms with Gasteiger partial charge in [0.05, 0.1) is 12.8 Å². The van der Waals surface area contributed by atoms with Crippen LogP contribution in [0.25, 0.3) is 22.2 Å². The number of para-hydroxylation sites is 1. The first-order valence-corrected chi connectivity index (χ1v) is 11.3. The summed E-state index contributed by atoms with van der Waals surface area (Å²) < 4.78 is 11.1. The molecular weight excluding hydrogens is 416 g/mol. The third-order valence-corrected chi connectivity index (χ3v) is 5.95. The van der Waals surface area contributed by atoms with Gasteiger partial charge in [-0.3, -0.25) is 4.79 Å². The highest BCUT2D eigenvalue weighted by atomic mass is 16.5. The first-order chi connectivity index (χ1) is 16.2. The number of hydrogen-bond donors (Lipinski definition) is 1. The summed E-state index contributed by atoms with van der Waals surface area (Å²) in [4.78, 5) is 15.1. The van der Waals surface area contributed by atoms with Gasteiger partial charge in [-0.05, 0) is 49.2 Å². The highest BCUT2D eigenvalue weighted by molar-refractivity contribution is 6.05. The largest absolute Gasteiger partial charge is 0.493 e. The van der Waals surface area contributed by atoms with E-state index in [0.29, 0.717) is 17.0 Å². The van der Waals surface area contributed by atoms with Gasteiger partial charge in [0, 0.05) is 29.7 Å². The standard InChI is InChI=1S/C26H26N4O3/c1-32-22-11-7-9-19-17-23(33-25(19)22)26(31)27-20-10-6-8-18(16-20)21-12-13-24(29-28-21)30-14-4-2-3-5-15-30/h6-13,16-17H,2-5,14-15H2,1H3,(H,27,31). The second kappa shape index (κ2) is 9.32. The molecule has 0 unspecified atom stereocenters. The van der Waals surface area contributed by atoms with Crippen LogP contribution in [0, 0.1) is 0 Å². The fourth-order valence-corrected chi connectivity index (χ4v) is 4.21. The minimum Gasteiger partial charge on any atom is -0.493 e. The Bertz CT molecular complexity index is 1260. The Kier molecular flexibility index (Phi) is 5.93. The van der Waals surface area contributed by atoms with Gasteiger partial charge in [-0.15, -0.1) is 10.2 Å². The molecule has 1 saturated heterocycles. The second-order valence-corrected chi connectivity index (χ2v) is 8.20. The van der Waals surface area contributed by atoms with Crippen LogP contribution < -0.4 is 15.0 Å². The van der Waals surface area contributed by atoms with Gasteiger partial charge in [-0.1, -0.05) is 37.1 Å². The third-order valence-electron chi connectivity index (χ3n) is 5.95. The number of hydrogen-bond acceptors (Lipinski definition) is 6. The molecule has 0 saturated carbocycles. The molecule has 1 N–H and O–H groups in total. The maximum absolute atomic E-state index is 12.8. The van der Waals surface area contributed by atoms with E-state index in [1.165, 1.54) is 25.7 Å². The van der Waals surface area contributed by atoms with E-state index in [1.807, 2.05) is 48.5 Å². The van der Waals surface area contributed by atoms with Crippen LogP contribution in [0.5, 0.6) is 5.75 Å². The first-order valence-electron chi connectivity index (χ1n) is 11.3. The number of rotatable bonds is 5. The van der Waals surface area contributed by atoms with Crippen LogP contribution in [0.3, 0.4) is 0 Å². The number of aromatic nitrogens is 2. The van der Waals surface area contributed by atoms with E-state index < -0.39 is 0 Å². The number of benzene rings is 2. The van der Waals surface area contributed by atoms with Crippen molar-refractivity contribution in [2.75, 3.05) is 30.4 Å². The maximum Gasteiger partial charge on any atom is 0.291 e. The van der Waals surface area contributed by atoms with Crippen LogP contribution in [0.1, 0.15) is 36.2 Å². The van der Waals surface area contributed by atoms with E-state index in [4.69, 9.17) is 9.15 Å².